The molecule has 0 radical (unpaired) electrons. The van der Waals surface area contributed by atoms with E-state index >= 15 is 0 Å². The molecule has 1 amide bonds. The zero-order chi connectivity index (χ0) is 15.3. The number of carbonyl (C=O) groups excluding carboxylic acids is 1. The summed E-state index contributed by atoms with van der Waals surface area (Å²) in [5, 5.41) is 10.7. The van der Waals surface area contributed by atoms with E-state index in [9.17, 15) is 14.9 Å². The monoisotopic (exact) mass is 316 g/mol. The number of carbonyl (C=O) groups is 1. The van der Waals surface area contributed by atoms with E-state index in [0.29, 0.717) is 5.56 Å². The summed E-state index contributed by atoms with van der Waals surface area (Å²) in [7, 11) is 1.74. The molecule has 1 atom stereocenters. The van der Waals surface area contributed by atoms with Gasteiger partial charge in [-0.2, -0.15) is 11.8 Å². The summed E-state index contributed by atoms with van der Waals surface area (Å²) in [6, 6.07) is 4.18. The molecule has 7 heteroatoms. The van der Waals surface area contributed by atoms with Crippen molar-refractivity contribution < 1.29 is 9.72 Å². The highest BCUT2D eigenvalue weighted by Gasteiger charge is 2.21. The van der Waals surface area contributed by atoms with E-state index in [1.54, 1.807) is 23.7 Å². The molecule has 0 aromatic heterocycles. The van der Waals surface area contributed by atoms with Crippen molar-refractivity contribution in [3.8, 4) is 0 Å². The van der Waals surface area contributed by atoms with Gasteiger partial charge in [-0.1, -0.05) is 18.5 Å². The van der Waals surface area contributed by atoms with E-state index in [2.05, 4.69) is 0 Å². The van der Waals surface area contributed by atoms with Crippen LogP contribution in [0.3, 0.4) is 0 Å². The molecule has 110 valence electrons. The number of benzene rings is 1. The molecule has 1 rings (SSSR count). The number of nitro benzene ring substituents is 1. The predicted molar refractivity (Wildman–Crippen MR) is 82.7 cm³/mol. The second-order valence-electron chi connectivity index (χ2n) is 4.36. The second-order valence-corrected chi connectivity index (χ2v) is 5.67. The average Bonchev–Trinajstić information content (AvgIpc) is 2.42. The number of amides is 1. The van der Waals surface area contributed by atoms with E-state index in [-0.39, 0.29) is 22.7 Å². The normalized spacial score (nSPS) is 12.0. The lowest BCUT2D eigenvalue weighted by Gasteiger charge is -2.26. The van der Waals surface area contributed by atoms with Crippen LogP contribution >= 0.6 is 23.4 Å². The molecule has 0 fully saturated rings. The van der Waals surface area contributed by atoms with Crippen molar-refractivity contribution in [2.75, 3.05) is 19.1 Å². The number of hydrogen-bond donors (Lipinski definition) is 0. The fraction of sp³-hybridized carbons (Fsp3) is 0.462. The van der Waals surface area contributed by atoms with Gasteiger partial charge in [-0.15, -0.1) is 0 Å². The molecule has 0 saturated carbocycles. The number of nitrogens with zero attached hydrogens (tertiary/aromatic N) is 2. The van der Waals surface area contributed by atoms with E-state index < -0.39 is 4.92 Å². The minimum Gasteiger partial charge on any atom is -0.338 e. The van der Waals surface area contributed by atoms with Gasteiger partial charge in [0.2, 0.25) is 0 Å². The fourth-order valence-electron chi connectivity index (χ4n) is 1.85. The summed E-state index contributed by atoms with van der Waals surface area (Å²) in [5.41, 5.74) is 0.171. The Labute approximate surface area is 127 Å². The van der Waals surface area contributed by atoms with E-state index in [1.807, 2.05) is 13.2 Å². The fourth-order valence-corrected chi connectivity index (χ4v) is 2.95. The predicted octanol–water partition coefficient (Wildman–Crippen LogP) is 3.46. The van der Waals surface area contributed by atoms with Crippen molar-refractivity contribution in [1.29, 1.82) is 0 Å². The van der Waals surface area contributed by atoms with Crippen LogP contribution in [0.5, 0.6) is 0 Å². The second kappa shape index (κ2) is 7.50. The lowest BCUT2D eigenvalue weighted by Crippen LogP contribution is -2.38. The number of nitro groups is 1. The van der Waals surface area contributed by atoms with Crippen LogP contribution in [0.1, 0.15) is 23.7 Å². The molecule has 0 spiro atoms. The summed E-state index contributed by atoms with van der Waals surface area (Å²) in [6.07, 6.45) is 2.84. The number of rotatable bonds is 6. The quantitative estimate of drug-likeness (QED) is 0.595. The lowest BCUT2D eigenvalue weighted by molar-refractivity contribution is -0.384. The molecule has 1 unspecified atom stereocenters. The molecule has 0 N–H and O–H groups in total. The Bertz CT molecular complexity index is 510. The summed E-state index contributed by atoms with van der Waals surface area (Å²) in [5.74, 6) is 0.669. The van der Waals surface area contributed by atoms with Gasteiger partial charge in [0.1, 0.15) is 5.02 Å². The Kier molecular flexibility index (Phi) is 6.29. The molecular formula is C13H17ClN2O3S. The highest BCUT2D eigenvalue weighted by molar-refractivity contribution is 7.98. The van der Waals surface area contributed by atoms with Gasteiger partial charge in [0.15, 0.2) is 0 Å². The third kappa shape index (κ3) is 3.86. The largest absolute Gasteiger partial charge is 0.338 e. The van der Waals surface area contributed by atoms with Crippen molar-refractivity contribution in [3.63, 3.8) is 0 Å². The molecule has 0 saturated heterocycles. The maximum absolute atomic E-state index is 12.3. The summed E-state index contributed by atoms with van der Waals surface area (Å²) in [6.45, 7) is 2.02. The zero-order valence-corrected chi connectivity index (χ0v) is 13.2. The molecule has 20 heavy (non-hydrogen) atoms. The Balaban J connectivity index is 2.97. The zero-order valence-electron chi connectivity index (χ0n) is 11.6. The number of halogens is 1. The van der Waals surface area contributed by atoms with Crippen LogP contribution in [0.25, 0.3) is 0 Å². The van der Waals surface area contributed by atoms with Crippen LogP contribution < -0.4 is 0 Å². The van der Waals surface area contributed by atoms with Crippen molar-refractivity contribution in [2.24, 2.45) is 0 Å². The third-order valence-electron chi connectivity index (χ3n) is 3.09. The van der Waals surface area contributed by atoms with E-state index in [1.165, 1.54) is 18.2 Å². The standard InChI is InChI=1S/C13H17ClN2O3S/c1-4-10(8-20-3)15(2)13(17)9-5-6-12(16(18)19)11(14)7-9/h5-7,10H,4,8H2,1-3H3. The summed E-state index contributed by atoms with van der Waals surface area (Å²) in [4.78, 5) is 24.1. The van der Waals surface area contributed by atoms with Gasteiger partial charge in [0, 0.05) is 30.5 Å². The van der Waals surface area contributed by atoms with Crippen LogP contribution in [-0.2, 0) is 0 Å². The number of hydrogen-bond acceptors (Lipinski definition) is 4. The molecule has 5 nitrogen and oxygen atoms in total. The topological polar surface area (TPSA) is 63.5 Å². The molecule has 1 aromatic carbocycles. The first-order chi connectivity index (χ1) is 9.42. The molecule has 1 aromatic rings. The summed E-state index contributed by atoms with van der Waals surface area (Å²) >= 11 is 7.51. The average molecular weight is 317 g/mol. The Morgan fingerprint density at radius 1 is 1.55 bits per heavy atom. The molecule has 0 aliphatic carbocycles. The van der Waals surface area contributed by atoms with Crippen LogP contribution in [0.15, 0.2) is 18.2 Å². The first-order valence-electron chi connectivity index (χ1n) is 6.12. The van der Waals surface area contributed by atoms with Crippen LogP contribution in [-0.4, -0.2) is 40.8 Å². The Morgan fingerprint density at radius 3 is 2.65 bits per heavy atom. The van der Waals surface area contributed by atoms with Gasteiger partial charge >= 0.3 is 0 Å². The van der Waals surface area contributed by atoms with Crippen molar-refractivity contribution in [3.05, 3.63) is 38.9 Å². The van der Waals surface area contributed by atoms with Crippen LogP contribution in [0.4, 0.5) is 5.69 Å². The highest BCUT2D eigenvalue weighted by atomic mass is 35.5. The molecular weight excluding hydrogens is 300 g/mol. The van der Waals surface area contributed by atoms with Crippen molar-refractivity contribution in [1.82, 2.24) is 4.90 Å². The van der Waals surface area contributed by atoms with Gasteiger partial charge in [0.25, 0.3) is 11.6 Å². The van der Waals surface area contributed by atoms with Crippen molar-refractivity contribution >= 4 is 35.0 Å². The molecule has 0 bridgehead atoms. The van der Waals surface area contributed by atoms with Gasteiger partial charge in [-0.3, -0.25) is 14.9 Å². The Hall–Kier alpha value is -1.27. The van der Waals surface area contributed by atoms with Gasteiger partial charge < -0.3 is 4.90 Å². The Morgan fingerprint density at radius 2 is 2.20 bits per heavy atom. The van der Waals surface area contributed by atoms with Crippen LogP contribution in [0.2, 0.25) is 5.02 Å². The first-order valence-corrected chi connectivity index (χ1v) is 7.89. The molecule has 0 heterocycles. The van der Waals surface area contributed by atoms with Crippen molar-refractivity contribution in [2.45, 2.75) is 19.4 Å². The smallest absolute Gasteiger partial charge is 0.287 e. The summed E-state index contributed by atoms with van der Waals surface area (Å²) < 4.78 is 0. The van der Waals surface area contributed by atoms with Gasteiger partial charge in [0.05, 0.1) is 4.92 Å². The van der Waals surface area contributed by atoms with Gasteiger partial charge in [-0.05, 0) is 24.8 Å². The molecule has 0 aliphatic heterocycles. The first kappa shape index (κ1) is 16.8. The van der Waals surface area contributed by atoms with E-state index in [0.717, 1.165) is 12.2 Å². The molecule has 0 aliphatic rings. The SMILES string of the molecule is CCC(CSC)N(C)C(=O)c1ccc([N+](=O)[O-])c(Cl)c1. The van der Waals surface area contributed by atoms with Crippen LogP contribution in [0, 0.1) is 10.1 Å². The minimum absolute atomic E-state index is 0.0211. The maximum Gasteiger partial charge on any atom is 0.287 e. The van der Waals surface area contributed by atoms with E-state index in [4.69, 9.17) is 11.6 Å². The van der Waals surface area contributed by atoms with Gasteiger partial charge in [-0.25, -0.2) is 0 Å². The number of thioether (sulfide) groups is 1. The lowest BCUT2D eigenvalue weighted by atomic mass is 10.1. The maximum atomic E-state index is 12.3. The minimum atomic E-state index is -0.567. The third-order valence-corrected chi connectivity index (χ3v) is 4.11. The highest BCUT2D eigenvalue weighted by Crippen LogP contribution is 2.26.